The maximum Gasteiger partial charge on any atom is 0.138 e. The average molecular weight is 282 g/mol. The molecule has 0 fully saturated rings. The Bertz CT molecular complexity index is 270. The highest BCUT2D eigenvalue weighted by molar-refractivity contribution is 4.91. The van der Waals surface area contributed by atoms with Crippen LogP contribution in [0.3, 0.4) is 0 Å². The second-order valence-corrected chi connectivity index (χ2v) is 6.47. The molecule has 20 heavy (non-hydrogen) atoms. The smallest absolute Gasteiger partial charge is 0.138 e. The Morgan fingerprint density at radius 3 is 1.75 bits per heavy atom. The Morgan fingerprint density at radius 1 is 0.900 bits per heavy atom. The maximum absolute atomic E-state index is 8.68. The predicted octanol–water partition coefficient (Wildman–Crippen LogP) is 5.36. The van der Waals surface area contributed by atoms with Gasteiger partial charge in [0.25, 0.3) is 0 Å². The third kappa shape index (κ3) is 13.7. The quantitative estimate of drug-likeness (QED) is 0.296. The Morgan fingerprint density at radius 2 is 1.35 bits per heavy atom. The predicted molar refractivity (Wildman–Crippen MR) is 86.7 cm³/mol. The molecule has 0 radical (unpaired) electrons. The summed E-state index contributed by atoms with van der Waals surface area (Å²) in [6.45, 7) is 10.2. The van der Waals surface area contributed by atoms with Gasteiger partial charge in [0.2, 0.25) is 0 Å². The molecule has 0 bridgehead atoms. The average Bonchev–Trinajstić information content (AvgIpc) is 2.38. The number of allylic oxidation sites excluding steroid dienone is 1. The van der Waals surface area contributed by atoms with E-state index in [2.05, 4.69) is 33.1 Å². The Balaban J connectivity index is 3.41. The van der Waals surface area contributed by atoms with E-state index >= 15 is 0 Å². The van der Waals surface area contributed by atoms with Gasteiger partial charge >= 0.3 is 0 Å². The fourth-order valence-electron chi connectivity index (χ4n) is 2.18. The Hall–Kier alpha value is -0.720. The van der Waals surface area contributed by atoms with E-state index in [0.29, 0.717) is 6.61 Å². The van der Waals surface area contributed by atoms with Crippen LogP contribution in [0.25, 0.3) is 0 Å². The number of unbranched alkanes of at least 4 members (excludes halogenated alkanes) is 8. The molecule has 0 spiro atoms. The number of aliphatic hydroxyl groups excluding tert-OH is 1. The summed E-state index contributed by atoms with van der Waals surface area (Å²) in [6, 6.07) is 0. The molecule has 0 amide bonds. The van der Waals surface area contributed by atoms with Gasteiger partial charge in [-0.25, -0.2) is 0 Å². The van der Waals surface area contributed by atoms with Crippen molar-refractivity contribution in [2.45, 2.75) is 90.6 Å². The van der Waals surface area contributed by atoms with Crippen LogP contribution < -0.4 is 0 Å². The van der Waals surface area contributed by atoms with Gasteiger partial charge in [0.15, 0.2) is 0 Å². The lowest BCUT2D eigenvalue weighted by molar-refractivity contribution is 0.0468. The highest BCUT2D eigenvalue weighted by atomic mass is 16.5. The van der Waals surface area contributed by atoms with E-state index in [1.807, 2.05) is 0 Å². The summed E-state index contributed by atoms with van der Waals surface area (Å²) in [5.74, 6) is 0.904. The summed E-state index contributed by atoms with van der Waals surface area (Å²) in [5, 5.41) is 8.68. The van der Waals surface area contributed by atoms with Gasteiger partial charge < -0.3 is 9.84 Å². The van der Waals surface area contributed by atoms with Crippen LogP contribution >= 0.6 is 0 Å². The molecular formula is C18H34O2. The van der Waals surface area contributed by atoms with Gasteiger partial charge in [-0.3, -0.25) is 0 Å². The van der Waals surface area contributed by atoms with Crippen molar-refractivity contribution in [3.63, 3.8) is 0 Å². The summed E-state index contributed by atoms with van der Waals surface area (Å²) in [7, 11) is 0. The minimum atomic E-state index is -0.144. The van der Waals surface area contributed by atoms with Gasteiger partial charge in [0.1, 0.15) is 11.4 Å². The van der Waals surface area contributed by atoms with Crippen LogP contribution in [0.15, 0.2) is 18.1 Å². The first kappa shape index (κ1) is 19.3. The number of hydrogen-bond donors (Lipinski definition) is 1. The lowest BCUT2D eigenvalue weighted by Crippen LogP contribution is -2.18. The Kier molecular flexibility index (Phi) is 11.6. The van der Waals surface area contributed by atoms with Crippen molar-refractivity contribution in [1.82, 2.24) is 0 Å². The van der Waals surface area contributed by atoms with Crippen LogP contribution in [0.2, 0.25) is 0 Å². The molecule has 0 saturated carbocycles. The third-order valence-corrected chi connectivity index (χ3v) is 3.19. The fraction of sp³-hybridized carbons (Fsp3) is 0.833. The lowest BCUT2D eigenvalue weighted by Gasteiger charge is -2.22. The highest BCUT2D eigenvalue weighted by Crippen LogP contribution is 2.18. The highest BCUT2D eigenvalue weighted by Gasteiger charge is 2.12. The minimum absolute atomic E-state index is 0.144. The van der Waals surface area contributed by atoms with Crippen molar-refractivity contribution in [2.75, 3.05) is 6.61 Å². The molecule has 118 valence electrons. The number of rotatable bonds is 12. The SMILES string of the molecule is C=C=C(CCCCCCCCCCCO)OC(C)(C)C. The molecule has 0 unspecified atom stereocenters. The molecule has 0 aromatic carbocycles. The zero-order chi connectivity index (χ0) is 15.3. The van der Waals surface area contributed by atoms with E-state index in [-0.39, 0.29) is 5.60 Å². The molecule has 0 aliphatic rings. The monoisotopic (exact) mass is 282 g/mol. The van der Waals surface area contributed by atoms with E-state index in [4.69, 9.17) is 9.84 Å². The second-order valence-electron chi connectivity index (χ2n) is 6.47. The largest absolute Gasteiger partial charge is 0.484 e. The van der Waals surface area contributed by atoms with E-state index in [1.165, 1.54) is 51.4 Å². The van der Waals surface area contributed by atoms with Crippen LogP contribution in [0.5, 0.6) is 0 Å². The molecule has 2 nitrogen and oxygen atoms in total. The van der Waals surface area contributed by atoms with Crippen molar-refractivity contribution in [1.29, 1.82) is 0 Å². The molecule has 0 rings (SSSR count). The summed E-state index contributed by atoms with van der Waals surface area (Å²) in [5.41, 5.74) is 2.77. The van der Waals surface area contributed by atoms with Crippen LogP contribution in [-0.2, 0) is 4.74 Å². The number of aliphatic hydroxyl groups is 1. The van der Waals surface area contributed by atoms with Crippen LogP contribution in [-0.4, -0.2) is 17.3 Å². The summed E-state index contributed by atoms with van der Waals surface area (Å²) >= 11 is 0. The van der Waals surface area contributed by atoms with Gasteiger partial charge in [0, 0.05) is 13.0 Å². The van der Waals surface area contributed by atoms with Gasteiger partial charge in [-0.05, 0) is 33.6 Å². The van der Waals surface area contributed by atoms with Crippen molar-refractivity contribution in [3.8, 4) is 0 Å². The maximum atomic E-state index is 8.68. The van der Waals surface area contributed by atoms with Crippen molar-refractivity contribution in [2.24, 2.45) is 0 Å². The summed E-state index contributed by atoms with van der Waals surface area (Å²) in [4.78, 5) is 0. The first-order valence-electron chi connectivity index (χ1n) is 8.18. The standard InChI is InChI=1S/C18H34O2/c1-5-17(20-18(2,3)4)15-13-11-9-7-6-8-10-12-14-16-19/h19H,1,6-16H2,2-4H3. The van der Waals surface area contributed by atoms with E-state index < -0.39 is 0 Å². The fourth-order valence-corrected chi connectivity index (χ4v) is 2.18. The zero-order valence-corrected chi connectivity index (χ0v) is 13.8. The van der Waals surface area contributed by atoms with E-state index in [1.54, 1.807) is 0 Å². The minimum Gasteiger partial charge on any atom is -0.484 e. The van der Waals surface area contributed by atoms with Gasteiger partial charge in [-0.1, -0.05) is 57.3 Å². The molecule has 0 aromatic rings. The van der Waals surface area contributed by atoms with Crippen LogP contribution in [0.4, 0.5) is 0 Å². The molecule has 1 N–H and O–H groups in total. The molecule has 0 saturated heterocycles. The summed E-state index contributed by atoms with van der Waals surface area (Å²) < 4.78 is 5.79. The second kappa shape index (κ2) is 12.1. The van der Waals surface area contributed by atoms with Crippen molar-refractivity contribution < 1.29 is 9.84 Å². The van der Waals surface area contributed by atoms with Gasteiger partial charge in [-0.2, -0.15) is 0 Å². The first-order chi connectivity index (χ1) is 9.49. The van der Waals surface area contributed by atoms with Gasteiger partial charge in [0.05, 0.1) is 0 Å². The number of ether oxygens (including phenoxy) is 1. The molecule has 0 heterocycles. The topological polar surface area (TPSA) is 29.5 Å². The van der Waals surface area contributed by atoms with E-state index in [9.17, 15) is 0 Å². The lowest BCUT2D eigenvalue weighted by atomic mass is 10.1. The molecular weight excluding hydrogens is 248 g/mol. The third-order valence-electron chi connectivity index (χ3n) is 3.19. The molecule has 0 atom stereocenters. The zero-order valence-electron chi connectivity index (χ0n) is 13.8. The summed E-state index contributed by atoms with van der Waals surface area (Å²) in [6.07, 6.45) is 12.1. The first-order valence-corrected chi connectivity index (χ1v) is 8.18. The van der Waals surface area contributed by atoms with Crippen LogP contribution in [0, 0.1) is 0 Å². The normalized spacial score (nSPS) is 11.2. The van der Waals surface area contributed by atoms with Gasteiger partial charge in [-0.15, -0.1) is 0 Å². The van der Waals surface area contributed by atoms with Crippen molar-refractivity contribution >= 4 is 0 Å². The van der Waals surface area contributed by atoms with Crippen LogP contribution in [0.1, 0.15) is 85.0 Å². The molecule has 2 heteroatoms. The molecule has 0 aliphatic carbocycles. The Labute approximate surface area is 125 Å². The number of hydrogen-bond acceptors (Lipinski definition) is 2. The molecule has 0 aliphatic heterocycles. The van der Waals surface area contributed by atoms with E-state index in [0.717, 1.165) is 18.6 Å². The van der Waals surface area contributed by atoms with Crippen molar-refractivity contribution in [3.05, 3.63) is 18.1 Å². The molecule has 0 aromatic heterocycles.